The fraction of sp³-hybridized carbons (Fsp3) is 0.630. The van der Waals surface area contributed by atoms with Crippen LogP contribution in [0.1, 0.15) is 25.3 Å². The van der Waals surface area contributed by atoms with Crippen LogP contribution in [-0.2, 0) is 14.2 Å². The normalized spacial score (nSPS) is 20.9. The Morgan fingerprint density at radius 3 is 2.00 bits per heavy atom. The summed E-state index contributed by atoms with van der Waals surface area (Å²) in [7, 11) is 0. The fourth-order valence-electron chi connectivity index (χ4n) is 3.65. The molecule has 0 spiro atoms. The Morgan fingerprint density at radius 2 is 1.28 bits per heavy atom. The standard InChI is InChI=1S/C27H42N4O5/c1-23-6-8-28-11-13-31-25(7-9-29-10-12-30-23)4-2-24-3-5-26-27(22-24)36-21-19-34-17-15-32-14-16-33-18-20-35-26/h2-5,22,28-29H,6-21H2,1H3/b4-2+,30-23?,31-25?. The molecule has 9 nitrogen and oxygen atoms in total. The summed E-state index contributed by atoms with van der Waals surface area (Å²) in [4.78, 5) is 9.44. The van der Waals surface area contributed by atoms with Gasteiger partial charge in [0.25, 0.3) is 0 Å². The zero-order valence-corrected chi connectivity index (χ0v) is 21.6. The first-order chi connectivity index (χ1) is 17.8. The number of nitrogens with one attached hydrogen (secondary N) is 2. The quantitative estimate of drug-likeness (QED) is 0.641. The van der Waals surface area contributed by atoms with E-state index in [1.165, 1.54) is 5.71 Å². The van der Waals surface area contributed by atoms with Crippen molar-refractivity contribution in [3.63, 3.8) is 0 Å². The van der Waals surface area contributed by atoms with Crippen molar-refractivity contribution in [3.8, 4) is 11.5 Å². The van der Waals surface area contributed by atoms with Crippen LogP contribution in [-0.4, -0.2) is 104 Å². The van der Waals surface area contributed by atoms with Gasteiger partial charge in [-0.2, -0.15) is 0 Å². The molecule has 0 fully saturated rings. The van der Waals surface area contributed by atoms with Gasteiger partial charge < -0.3 is 34.3 Å². The second-order valence-electron chi connectivity index (χ2n) is 8.56. The van der Waals surface area contributed by atoms with Crippen LogP contribution in [0.5, 0.6) is 11.5 Å². The number of nitrogens with zero attached hydrogens (tertiary/aromatic N) is 2. The summed E-state index contributed by atoms with van der Waals surface area (Å²) in [6.07, 6.45) is 6.03. The predicted molar refractivity (Wildman–Crippen MR) is 144 cm³/mol. The molecule has 2 N–H and O–H groups in total. The number of allylic oxidation sites excluding steroid dienone is 1. The molecular weight excluding hydrogens is 460 g/mol. The number of aliphatic imine (C=N–C) groups is 2. The summed E-state index contributed by atoms with van der Waals surface area (Å²) in [5, 5.41) is 6.92. The molecular formula is C27H42N4O5. The van der Waals surface area contributed by atoms with E-state index in [9.17, 15) is 0 Å². The third-order valence-electron chi connectivity index (χ3n) is 5.65. The molecule has 36 heavy (non-hydrogen) atoms. The van der Waals surface area contributed by atoms with Crippen molar-refractivity contribution in [2.75, 3.05) is 92.1 Å². The second-order valence-corrected chi connectivity index (χ2v) is 8.56. The molecule has 0 saturated carbocycles. The van der Waals surface area contributed by atoms with E-state index in [-0.39, 0.29) is 0 Å². The maximum absolute atomic E-state index is 5.99. The fourth-order valence-corrected chi connectivity index (χ4v) is 3.65. The first kappa shape index (κ1) is 28.3. The number of benzene rings is 1. The van der Waals surface area contributed by atoms with Crippen LogP contribution in [0, 0.1) is 0 Å². The van der Waals surface area contributed by atoms with Crippen LogP contribution in [0.4, 0.5) is 0 Å². The summed E-state index contributed by atoms with van der Waals surface area (Å²) < 4.78 is 28.5. The molecule has 0 atom stereocenters. The van der Waals surface area contributed by atoms with Gasteiger partial charge in [0, 0.05) is 44.0 Å². The van der Waals surface area contributed by atoms with E-state index in [0.29, 0.717) is 64.4 Å². The highest BCUT2D eigenvalue weighted by atomic mass is 16.6. The van der Waals surface area contributed by atoms with Crippen LogP contribution in [0.15, 0.2) is 34.3 Å². The second kappa shape index (κ2) is 18.0. The summed E-state index contributed by atoms with van der Waals surface area (Å²) >= 11 is 0. The Bertz CT molecular complexity index is 843. The van der Waals surface area contributed by atoms with Gasteiger partial charge in [-0.3, -0.25) is 9.98 Å². The van der Waals surface area contributed by atoms with E-state index in [2.05, 4.69) is 34.7 Å². The smallest absolute Gasteiger partial charge is 0.161 e. The Balaban J connectivity index is 1.61. The summed E-state index contributed by atoms with van der Waals surface area (Å²) in [5.74, 6) is 1.40. The van der Waals surface area contributed by atoms with E-state index in [1.807, 2.05) is 18.2 Å². The van der Waals surface area contributed by atoms with Crippen LogP contribution in [0.25, 0.3) is 6.08 Å². The van der Waals surface area contributed by atoms with Crippen LogP contribution in [0.2, 0.25) is 0 Å². The van der Waals surface area contributed by atoms with E-state index in [0.717, 1.165) is 63.4 Å². The van der Waals surface area contributed by atoms with Gasteiger partial charge in [0.1, 0.15) is 13.2 Å². The lowest BCUT2D eigenvalue weighted by Crippen LogP contribution is -2.24. The van der Waals surface area contributed by atoms with Crippen LogP contribution >= 0.6 is 0 Å². The summed E-state index contributed by atoms with van der Waals surface area (Å²) in [5.41, 5.74) is 3.30. The van der Waals surface area contributed by atoms with Crippen molar-refractivity contribution in [3.05, 3.63) is 29.8 Å². The highest BCUT2D eigenvalue weighted by molar-refractivity contribution is 5.98. The van der Waals surface area contributed by atoms with Gasteiger partial charge in [0.15, 0.2) is 11.5 Å². The third-order valence-corrected chi connectivity index (χ3v) is 5.65. The predicted octanol–water partition coefficient (Wildman–Crippen LogP) is 2.40. The number of fused-ring (bicyclic) bond motifs is 1. The average molecular weight is 503 g/mol. The molecule has 1 aromatic rings. The summed E-state index contributed by atoms with van der Waals surface area (Å²) in [6, 6.07) is 5.97. The van der Waals surface area contributed by atoms with Gasteiger partial charge in [-0.25, -0.2) is 0 Å². The molecule has 2 aliphatic heterocycles. The first-order valence-electron chi connectivity index (χ1n) is 13.1. The van der Waals surface area contributed by atoms with Crippen molar-refractivity contribution in [2.24, 2.45) is 9.98 Å². The molecule has 0 saturated heterocycles. The van der Waals surface area contributed by atoms with Crippen LogP contribution in [0.3, 0.4) is 0 Å². The monoisotopic (exact) mass is 502 g/mol. The molecule has 0 amide bonds. The molecule has 2 aliphatic rings. The summed E-state index contributed by atoms with van der Waals surface area (Å²) in [6.45, 7) is 11.3. The van der Waals surface area contributed by atoms with Crippen LogP contribution < -0.4 is 20.1 Å². The van der Waals surface area contributed by atoms with Gasteiger partial charge in [-0.1, -0.05) is 12.1 Å². The molecule has 1 aromatic carbocycles. The molecule has 0 aromatic heterocycles. The van der Waals surface area contributed by atoms with Crippen molar-refractivity contribution >= 4 is 17.5 Å². The molecule has 2 heterocycles. The number of rotatable bonds is 2. The lowest BCUT2D eigenvalue weighted by Gasteiger charge is -2.14. The Kier molecular flexibility index (Phi) is 14.2. The van der Waals surface area contributed by atoms with Crippen molar-refractivity contribution in [1.82, 2.24) is 10.6 Å². The van der Waals surface area contributed by atoms with Gasteiger partial charge in [0.2, 0.25) is 0 Å². The maximum atomic E-state index is 5.99. The Hall–Kier alpha value is -2.30. The van der Waals surface area contributed by atoms with Crippen molar-refractivity contribution in [1.29, 1.82) is 0 Å². The van der Waals surface area contributed by atoms with Gasteiger partial charge >= 0.3 is 0 Å². The minimum atomic E-state index is 0.439. The number of hydrogen-bond donors (Lipinski definition) is 2. The lowest BCUT2D eigenvalue weighted by atomic mass is 10.1. The first-order valence-corrected chi connectivity index (χ1v) is 13.1. The topological polar surface area (TPSA) is 94.9 Å². The molecule has 200 valence electrons. The molecule has 0 unspecified atom stereocenters. The molecule has 9 heteroatoms. The van der Waals surface area contributed by atoms with E-state index in [1.54, 1.807) is 0 Å². The van der Waals surface area contributed by atoms with E-state index >= 15 is 0 Å². The highest BCUT2D eigenvalue weighted by Gasteiger charge is 2.08. The van der Waals surface area contributed by atoms with E-state index in [4.69, 9.17) is 28.7 Å². The van der Waals surface area contributed by atoms with Crippen molar-refractivity contribution in [2.45, 2.75) is 19.8 Å². The third kappa shape index (κ3) is 12.1. The SMILES string of the molecule is CC1=NCCNCCC(/C=C/c2ccc3c(c2)OCCOCCOCCOCCO3)=NCCNCC1. The lowest BCUT2D eigenvalue weighted by molar-refractivity contribution is 0.00708. The molecule has 0 bridgehead atoms. The van der Waals surface area contributed by atoms with Crippen molar-refractivity contribution < 1.29 is 23.7 Å². The van der Waals surface area contributed by atoms with E-state index < -0.39 is 0 Å². The Morgan fingerprint density at radius 1 is 0.667 bits per heavy atom. The zero-order valence-electron chi connectivity index (χ0n) is 21.6. The molecule has 0 aliphatic carbocycles. The molecule has 3 rings (SSSR count). The van der Waals surface area contributed by atoms with Gasteiger partial charge in [0.05, 0.1) is 52.7 Å². The zero-order chi connectivity index (χ0) is 25.1. The largest absolute Gasteiger partial charge is 0.487 e. The number of ether oxygens (including phenoxy) is 5. The number of hydrogen-bond acceptors (Lipinski definition) is 9. The average Bonchev–Trinajstić information content (AvgIpc) is 2.89. The minimum absolute atomic E-state index is 0.439. The Labute approximate surface area is 215 Å². The molecule has 0 radical (unpaired) electrons. The highest BCUT2D eigenvalue weighted by Crippen LogP contribution is 2.29. The minimum Gasteiger partial charge on any atom is -0.487 e. The maximum Gasteiger partial charge on any atom is 0.161 e. The van der Waals surface area contributed by atoms with Gasteiger partial charge in [-0.05, 0) is 37.1 Å². The van der Waals surface area contributed by atoms with Gasteiger partial charge in [-0.15, -0.1) is 0 Å².